The van der Waals surface area contributed by atoms with Crippen molar-refractivity contribution in [2.24, 2.45) is 17.8 Å². The molecule has 0 amide bonds. The van der Waals surface area contributed by atoms with Crippen molar-refractivity contribution in [2.45, 2.75) is 76.2 Å². The van der Waals surface area contributed by atoms with E-state index >= 15 is 0 Å². The van der Waals surface area contributed by atoms with Gasteiger partial charge in [-0.3, -0.25) is 4.79 Å². The normalized spacial score (nSPS) is 38.7. The van der Waals surface area contributed by atoms with Gasteiger partial charge in [0.15, 0.2) is 0 Å². The van der Waals surface area contributed by atoms with E-state index in [1.807, 2.05) is 6.92 Å². The Morgan fingerprint density at radius 1 is 1.08 bits per heavy atom. The number of carbonyl (C=O) groups excluding carboxylic acids is 2. The van der Waals surface area contributed by atoms with E-state index in [1.165, 1.54) is 0 Å². The Labute approximate surface area is 139 Å². The Morgan fingerprint density at radius 3 is 2.04 bits per heavy atom. The summed E-state index contributed by atoms with van der Waals surface area (Å²) in [4.78, 5) is 23.6. The second kappa shape index (κ2) is 5.63. The van der Waals surface area contributed by atoms with Crippen LogP contribution in [0.4, 0.5) is 13.2 Å². The number of rotatable bonds is 4. The van der Waals surface area contributed by atoms with E-state index in [0.717, 1.165) is 6.42 Å². The second-order valence-corrected chi connectivity index (χ2v) is 7.94. The maximum Gasteiger partial charge on any atom is 0.490 e. The fourth-order valence-electron chi connectivity index (χ4n) is 5.07. The fraction of sp³-hybridized carbons (Fsp3) is 0.882. The quantitative estimate of drug-likeness (QED) is 0.726. The Bertz CT molecular complexity index is 528. The van der Waals surface area contributed by atoms with E-state index < -0.39 is 23.3 Å². The molecule has 136 valence electrons. The van der Waals surface area contributed by atoms with Gasteiger partial charge in [-0.1, -0.05) is 13.8 Å². The molecule has 4 fully saturated rings. The zero-order valence-electron chi connectivity index (χ0n) is 13.9. The molecule has 7 heteroatoms. The summed E-state index contributed by atoms with van der Waals surface area (Å²) in [7, 11) is 0. The van der Waals surface area contributed by atoms with Crippen LogP contribution in [0.25, 0.3) is 0 Å². The van der Waals surface area contributed by atoms with Crippen LogP contribution >= 0.6 is 0 Å². The van der Waals surface area contributed by atoms with E-state index in [9.17, 15) is 22.8 Å². The number of alkyl halides is 3. The highest BCUT2D eigenvalue weighted by molar-refractivity contribution is 5.76. The maximum atomic E-state index is 12.6. The monoisotopic (exact) mass is 348 g/mol. The topological polar surface area (TPSA) is 52.6 Å². The Balaban J connectivity index is 1.79. The smallest absolute Gasteiger partial charge is 0.459 e. The van der Waals surface area contributed by atoms with Crippen molar-refractivity contribution in [3.63, 3.8) is 0 Å². The first-order chi connectivity index (χ1) is 11.1. The molecule has 0 aliphatic heterocycles. The molecule has 0 aromatic heterocycles. The van der Waals surface area contributed by atoms with Gasteiger partial charge in [-0.25, -0.2) is 4.79 Å². The van der Waals surface area contributed by atoms with Gasteiger partial charge in [0.1, 0.15) is 11.2 Å². The van der Waals surface area contributed by atoms with Gasteiger partial charge in [-0.05, 0) is 50.4 Å². The van der Waals surface area contributed by atoms with Crippen LogP contribution in [0.15, 0.2) is 0 Å². The van der Waals surface area contributed by atoms with Crippen LogP contribution < -0.4 is 0 Å². The van der Waals surface area contributed by atoms with Crippen LogP contribution in [-0.4, -0.2) is 29.3 Å². The Kier molecular flexibility index (Phi) is 4.12. The number of ether oxygens (including phenoxy) is 2. The molecule has 0 heterocycles. The number of hydrogen-bond donors (Lipinski definition) is 0. The minimum atomic E-state index is -5.00. The van der Waals surface area contributed by atoms with Crippen molar-refractivity contribution in [2.75, 3.05) is 0 Å². The lowest BCUT2D eigenvalue weighted by Gasteiger charge is -2.60. The van der Waals surface area contributed by atoms with Gasteiger partial charge >= 0.3 is 18.1 Å². The van der Waals surface area contributed by atoms with Crippen LogP contribution in [0.3, 0.4) is 0 Å². The van der Waals surface area contributed by atoms with Crippen molar-refractivity contribution in [1.29, 1.82) is 0 Å². The van der Waals surface area contributed by atoms with Gasteiger partial charge in [-0.2, -0.15) is 13.2 Å². The summed E-state index contributed by atoms with van der Waals surface area (Å²) < 4.78 is 48.6. The Morgan fingerprint density at radius 2 is 1.58 bits per heavy atom. The SMILES string of the molecule is CCC(C)C(=O)OC12CC3CC(C1)CC(OC(=O)C(F)(F)F)(C3)C2. The molecule has 0 radical (unpaired) electrons. The summed E-state index contributed by atoms with van der Waals surface area (Å²) in [6.07, 6.45) is -1.04. The first kappa shape index (κ1) is 17.5. The third-order valence-corrected chi connectivity index (χ3v) is 5.83. The molecule has 0 spiro atoms. The van der Waals surface area contributed by atoms with E-state index in [4.69, 9.17) is 9.47 Å². The molecule has 4 aliphatic rings. The highest BCUT2D eigenvalue weighted by Crippen LogP contribution is 2.60. The molecule has 0 saturated heterocycles. The van der Waals surface area contributed by atoms with Crippen LogP contribution in [0.2, 0.25) is 0 Å². The molecule has 24 heavy (non-hydrogen) atoms. The molecule has 0 aromatic carbocycles. The zero-order valence-corrected chi connectivity index (χ0v) is 13.9. The van der Waals surface area contributed by atoms with Crippen LogP contribution in [0.1, 0.15) is 58.8 Å². The first-order valence-corrected chi connectivity index (χ1v) is 8.59. The average molecular weight is 348 g/mol. The summed E-state index contributed by atoms with van der Waals surface area (Å²) in [5.41, 5.74) is -1.90. The number of esters is 2. The second-order valence-electron chi connectivity index (χ2n) is 7.94. The molecule has 3 atom stereocenters. The minimum absolute atomic E-state index is 0.150. The van der Waals surface area contributed by atoms with Gasteiger partial charge in [0.05, 0.1) is 5.92 Å². The first-order valence-electron chi connectivity index (χ1n) is 8.59. The third-order valence-electron chi connectivity index (χ3n) is 5.83. The van der Waals surface area contributed by atoms with E-state index in [0.29, 0.717) is 32.1 Å². The lowest BCUT2D eigenvalue weighted by Crippen LogP contribution is -2.62. The van der Waals surface area contributed by atoms with Gasteiger partial charge in [0.2, 0.25) is 0 Å². The molecule has 0 aromatic rings. The summed E-state index contributed by atoms with van der Waals surface area (Å²) in [5.74, 6) is -2.38. The number of hydrogen-bond acceptors (Lipinski definition) is 4. The van der Waals surface area contributed by atoms with Crippen LogP contribution in [-0.2, 0) is 19.1 Å². The molecule has 4 nitrogen and oxygen atoms in total. The highest BCUT2D eigenvalue weighted by atomic mass is 19.4. The largest absolute Gasteiger partial charge is 0.490 e. The fourth-order valence-corrected chi connectivity index (χ4v) is 5.07. The van der Waals surface area contributed by atoms with Gasteiger partial charge < -0.3 is 9.47 Å². The van der Waals surface area contributed by atoms with Gasteiger partial charge in [0.25, 0.3) is 0 Å². The van der Waals surface area contributed by atoms with E-state index in [-0.39, 0.29) is 30.1 Å². The lowest BCUT2D eigenvalue weighted by atomic mass is 9.52. The molecule has 4 rings (SSSR count). The highest BCUT2D eigenvalue weighted by Gasteiger charge is 2.62. The molecule has 4 bridgehead atoms. The third kappa shape index (κ3) is 3.14. The number of carbonyl (C=O) groups is 2. The zero-order chi connectivity index (χ0) is 17.8. The van der Waals surface area contributed by atoms with Crippen molar-refractivity contribution < 1.29 is 32.2 Å². The summed E-state index contributed by atoms with van der Waals surface area (Å²) >= 11 is 0. The standard InChI is InChI=1S/C17H23F3O4/c1-3-10(2)13(21)23-15-5-11-4-12(6-15)8-16(7-11,9-15)24-14(22)17(18,19)20/h10-12H,3-9H2,1-2H3. The van der Waals surface area contributed by atoms with Gasteiger partial charge in [-0.15, -0.1) is 0 Å². The molecular formula is C17H23F3O4. The van der Waals surface area contributed by atoms with Crippen LogP contribution in [0.5, 0.6) is 0 Å². The summed E-state index contributed by atoms with van der Waals surface area (Å²) in [6.45, 7) is 3.67. The average Bonchev–Trinajstić information content (AvgIpc) is 2.42. The predicted octanol–water partition coefficient (Wildman–Crippen LogP) is 3.77. The van der Waals surface area contributed by atoms with E-state index in [1.54, 1.807) is 6.92 Å². The van der Waals surface area contributed by atoms with Gasteiger partial charge in [0, 0.05) is 6.42 Å². The molecule has 0 N–H and O–H groups in total. The maximum absolute atomic E-state index is 12.6. The lowest BCUT2D eigenvalue weighted by molar-refractivity contribution is -0.253. The van der Waals surface area contributed by atoms with Crippen molar-refractivity contribution in [3.8, 4) is 0 Å². The van der Waals surface area contributed by atoms with Crippen molar-refractivity contribution in [3.05, 3.63) is 0 Å². The number of halogens is 3. The molecule has 4 aliphatic carbocycles. The predicted molar refractivity (Wildman–Crippen MR) is 77.8 cm³/mol. The minimum Gasteiger partial charge on any atom is -0.459 e. The molecular weight excluding hydrogens is 325 g/mol. The van der Waals surface area contributed by atoms with E-state index in [2.05, 4.69) is 0 Å². The molecule has 3 unspecified atom stereocenters. The Hall–Kier alpha value is -1.27. The van der Waals surface area contributed by atoms with Crippen LogP contribution in [0, 0.1) is 17.8 Å². The summed E-state index contributed by atoms with van der Waals surface area (Å²) in [6, 6.07) is 0. The van der Waals surface area contributed by atoms with Crippen molar-refractivity contribution >= 4 is 11.9 Å². The van der Waals surface area contributed by atoms with Crippen molar-refractivity contribution in [1.82, 2.24) is 0 Å². The summed E-state index contributed by atoms with van der Waals surface area (Å²) in [5, 5.41) is 0. The molecule has 4 saturated carbocycles.